The molecule has 1 atom stereocenters. The fourth-order valence-electron chi connectivity index (χ4n) is 2.35. The number of hydrogen-bond donors (Lipinski definition) is 2. The highest BCUT2D eigenvalue weighted by Crippen LogP contribution is 2.36. The number of amides is 2. The van der Waals surface area contributed by atoms with Gasteiger partial charge in [-0.3, -0.25) is 14.4 Å². The molecule has 0 aromatic heterocycles. The van der Waals surface area contributed by atoms with Gasteiger partial charge in [0.2, 0.25) is 5.91 Å². The van der Waals surface area contributed by atoms with Crippen LogP contribution in [-0.2, 0) is 19.1 Å². The molecule has 1 aromatic carbocycles. The summed E-state index contributed by atoms with van der Waals surface area (Å²) in [4.78, 5) is 36.6. The standard InChI is InChI=1S/C17H22N2O4S/c1-3-11(4-2)18-15(20)10-23-16(21)9-14-17(22)19-12-7-5-6-8-13(12)24-14/h5-8,11,14H,3-4,9-10H2,1-2H3,(H,18,20)(H,19,22)/t14-/m0/s1. The predicted molar refractivity (Wildman–Crippen MR) is 92.8 cm³/mol. The van der Waals surface area contributed by atoms with Crippen LogP contribution < -0.4 is 10.6 Å². The number of para-hydroxylation sites is 1. The van der Waals surface area contributed by atoms with Crippen LogP contribution in [0.25, 0.3) is 0 Å². The fourth-order valence-corrected chi connectivity index (χ4v) is 3.44. The third-order valence-electron chi connectivity index (χ3n) is 3.77. The fraction of sp³-hybridized carbons (Fsp3) is 0.471. The molecule has 0 bridgehead atoms. The molecule has 24 heavy (non-hydrogen) atoms. The summed E-state index contributed by atoms with van der Waals surface area (Å²) in [6.45, 7) is 3.65. The molecule has 7 heteroatoms. The van der Waals surface area contributed by atoms with E-state index in [4.69, 9.17) is 4.74 Å². The molecule has 1 heterocycles. The van der Waals surface area contributed by atoms with Gasteiger partial charge in [0.05, 0.1) is 17.4 Å². The topological polar surface area (TPSA) is 84.5 Å². The number of ether oxygens (including phenoxy) is 1. The van der Waals surface area contributed by atoms with E-state index in [2.05, 4.69) is 10.6 Å². The normalized spacial score (nSPS) is 16.3. The van der Waals surface area contributed by atoms with Crippen molar-refractivity contribution in [1.82, 2.24) is 5.32 Å². The molecule has 1 aromatic rings. The molecule has 2 amide bonds. The molecule has 0 saturated heterocycles. The van der Waals surface area contributed by atoms with Crippen molar-refractivity contribution in [3.63, 3.8) is 0 Å². The first kappa shape index (κ1) is 18.3. The third kappa shape index (κ3) is 4.99. The zero-order valence-electron chi connectivity index (χ0n) is 13.8. The summed E-state index contributed by atoms with van der Waals surface area (Å²) in [5.41, 5.74) is 0.752. The minimum absolute atomic E-state index is 0.0664. The minimum atomic E-state index is -0.554. The summed E-state index contributed by atoms with van der Waals surface area (Å²) in [7, 11) is 0. The van der Waals surface area contributed by atoms with Crippen LogP contribution >= 0.6 is 11.8 Å². The molecule has 0 unspecified atom stereocenters. The molecule has 0 saturated carbocycles. The SMILES string of the molecule is CCC(CC)NC(=O)COC(=O)C[C@@H]1Sc2ccccc2NC1=O. The molecule has 1 aliphatic heterocycles. The number of fused-ring (bicyclic) bond motifs is 1. The van der Waals surface area contributed by atoms with Crippen molar-refractivity contribution in [2.45, 2.75) is 49.3 Å². The maximum absolute atomic E-state index is 12.0. The van der Waals surface area contributed by atoms with Crippen molar-refractivity contribution >= 4 is 35.2 Å². The minimum Gasteiger partial charge on any atom is -0.456 e. The van der Waals surface area contributed by atoms with Gasteiger partial charge in [-0.2, -0.15) is 0 Å². The summed E-state index contributed by atoms with van der Waals surface area (Å²) in [6, 6.07) is 7.51. The third-order valence-corrected chi connectivity index (χ3v) is 5.05. The number of rotatable bonds is 7. The van der Waals surface area contributed by atoms with Crippen LogP contribution in [0.4, 0.5) is 5.69 Å². The first-order chi connectivity index (χ1) is 11.5. The lowest BCUT2D eigenvalue weighted by molar-refractivity contribution is -0.149. The van der Waals surface area contributed by atoms with Crippen LogP contribution in [0.2, 0.25) is 0 Å². The Morgan fingerprint density at radius 2 is 2.00 bits per heavy atom. The highest BCUT2D eigenvalue weighted by molar-refractivity contribution is 8.01. The summed E-state index contributed by atoms with van der Waals surface area (Å²) >= 11 is 1.33. The highest BCUT2D eigenvalue weighted by Gasteiger charge is 2.29. The van der Waals surface area contributed by atoms with E-state index >= 15 is 0 Å². The first-order valence-corrected chi connectivity index (χ1v) is 8.93. The smallest absolute Gasteiger partial charge is 0.307 e. The summed E-state index contributed by atoms with van der Waals surface area (Å²) < 4.78 is 4.99. The average molecular weight is 350 g/mol. The van der Waals surface area contributed by atoms with E-state index in [9.17, 15) is 14.4 Å². The largest absolute Gasteiger partial charge is 0.456 e. The maximum atomic E-state index is 12.0. The van der Waals surface area contributed by atoms with Gasteiger partial charge in [0.15, 0.2) is 6.61 Å². The van der Waals surface area contributed by atoms with Crippen LogP contribution in [0, 0.1) is 0 Å². The van der Waals surface area contributed by atoms with Crippen molar-refractivity contribution < 1.29 is 19.1 Å². The van der Waals surface area contributed by atoms with Gasteiger partial charge in [0.1, 0.15) is 0 Å². The van der Waals surface area contributed by atoms with Gasteiger partial charge in [-0.05, 0) is 25.0 Å². The number of esters is 1. The van der Waals surface area contributed by atoms with E-state index in [1.54, 1.807) is 0 Å². The Morgan fingerprint density at radius 3 is 2.71 bits per heavy atom. The number of hydrogen-bond acceptors (Lipinski definition) is 5. The van der Waals surface area contributed by atoms with Crippen molar-refractivity contribution in [3.8, 4) is 0 Å². The second-order valence-electron chi connectivity index (χ2n) is 5.54. The number of benzene rings is 1. The van der Waals surface area contributed by atoms with Crippen LogP contribution in [0.1, 0.15) is 33.1 Å². The lowest BCUT2D eigenvalue weighted by atomic mass is 10.2. The second kappa shape index (κ2) is 8.73. The zero-order chi connectivity index (χ0) is 17.5. The van der Waals surface area contributed by atoms with E-state index in [-0.39, 0.29) is 30.9 Å². The predicted octanol–water partition coefficient (Wildman–Crippen LogP) is 2.34. The number of carbonyl (C=O) groups excluding carboxylic acids is 3. The number of anilines is 1. The molecule has 6 nitrogen and oxygen atoms in total. The molecule has 0 spiro atoms. The van der Waals surface area contributed by atoms with Crippen LogP contribution in [0.3, 0.4) is 0 Å². The van der Waals surface area contributed by atoms with Gasteiger partial charge in [-0.25, -0.2) is 0 Å². The quantitative estimate of drug-likeness (QED) is 0.738. The number of thioether (sulfide) groups is 1. The van der Waals surface area contributed by atoms with Crippen LogP contribution in [0.15, 0.2) is 29.2 Å². The van der Waals surface area contributed by atoms with Gasteiger partial charge >= 0.3 is 5.97 Å². The van der Waals surface area contributed by atoms with Crippen LogP contribution in [0.5, 0.6) is 0 Å². The molecule has 0 fully saturated rings. The highest BCUT2D eigenvalue weighted by atomic mass is 32.2. The van der Waals surface area contributed by atoms with Crippen molar-refractivity contribution in [2.24, 2.45) is 0 Å². The Bertz CT molecular complexity index is 616. The summed E-state index contributed by atoms with van der Waals surface area (Å²) in [5, 5.41) is 5.02. The van der Waals surface area contributed by atoms with Gasteiger partial charge in [-0.15, -0.1) is 11.8 Å². The molecular formula is C17H22N2O4S. The summed E-state index contributed by atoms with van der Waals surface area (Å²) in [6.07, 6.45) is 1.59. The average Bonchev–Trinajstić information content (AvgIpc) is 2.58. The van der Waals surface area contributed by atoms with Gasteiger partial charge in [0.25, 0.3) is 5.91 Å². The lowest BCUT2D eigenvalue weighted by Crippen LogP contribution is -2.37. The zero-order valence-corrected chi connectivity index (χ0v) is 14.7. The molecule has 1 aliphatic rings. The summed E-state index contributed by atoms with van der Waals surface area (Å²) in [5.74, 6) is -1.10. The first-order valence-electron chi connectivity index (χ1n) is 8.05. The van der Waals surface area contributed by atoms with Gasteiger partial charge in [0, 0.05) is 10.9 Å². The van der Waals surface area contributed by atoms with Crippen molar-refractivity contribution in [1.29, 1.82) is 0 Å². The van der Waals surface area contributed by atoms with Crippen LogP contribution in [-0.4, -0.2) is 35.7 Å². The Kier molecular flexibility index (Phi) is 6.66. The van der Waals surface area contributed by atoms with E-state index < -0.39 is 11.2 Å². The molecule has 2 rings (SSSR count). The second-order valence-corrected chi connectivity index (χ2v) is 6.78. The van der Waals surface area contributed by atoms with Gasteiger partial charge < -0.3 is 15.4 Å². The molecule has 0 radical (unpaired) electrons. The van der Waals surface area contributed by atoms with Crippen molar-refractivity contribution in [2.75, 3.05) is 11.9 Å². The van der Waals surface area contributed by atoms with Crippen molar-refractivity contribution in [3.05, 3.63) is 24.3 Å². The molecular weight excluding hydrogens is 328 g/mol. The monoisotopic (exact) mass is 350 g/mol. The van der Waals surface area contributed by atoms with E-state index in [1.165, 1.54) is 11.8 Å². The number of nitrogens with one attached hydrogen (secondary N) is 2. The van der Waals surface area contributed by atoms with E-state index in [1.807, 2.05) is 38.1 Å². The Labute approximate surface area is 145 Å². The Morgan fingerprint density at radius 1 is 1.29 bits per heavy atom. The molecule has 0 aliphatic carbocycles. The van der Waals surface area contributed by atoms with E-state index in [0.29, 0.717) is 0 Å². The Balaban J connectivity index is 1.80. The van der Waals surface area contributed by atoms with E-state index in [0.717, 1.165) is 23.4 Å². The molecule has 2 N–H and O–H groups in total. The van der Waals surface area contributed by atoms with Gasteiger partial charge in [-0.1, -0.05) is 26.0 Å². The maximum Gasteiger partial charge on any atom is 0.307 e. The Hall–Kier alpha value is -2.02. The lowest BCUT2D eigenvalue weighted by Gasteiger charge is -2.23. The molecule has 130 valence electrons. The number of carbonyl (C=O) groups is 3.